The minimum absolute atomic E-state index is 0.262. The summed E-state index contributed by atoms with van der Waals surface area (Å²) in [4.78, 5) is 22.4. The second kappa shape index (κ2) is 6.78. The monoisotopic (exact) mass is 346 g/mol. The van der Waals surface area contributed by atoms with Crippen LogP contribution >= 0.6 is 15.9 Å². The molecule has 0 radical (unpaired) electrons. The number of carbonyl (C=O) groups excluding carboxylic acids is 1. The van der Waals surface area contributed by atoms with Crippen molar-refractivity contribution in [2.75, 3.05) is 5.33 Å². The number of nitro groups is 1. The van der Waals surface area contributed by atoms with Gasteiger partial charge in [0.05, 0.1) is 4.92 Å². The van der Waals surface area contributed by atoms with E-state index in [9.17, 15) is 19.3 Å². The van der Waals surface area contributed by atoms with Crippen LogP contribution in [-0.2, 0) is 0 Å². The third-order valence-corrected chi connectivity index (χ3v) is 4.46. The molecule has 1 aromatic rings. The average molecular weight is 347 g/mol. The fraction of sp³-hybridized carbons (Fsp3) is 0.462. The van der Waals surface area contributed by atoms with Crippen LogP contribution in [0.3, 0.4) is 0 Å². The average Bonchev–Trinajstić information content (AvgIpc) is 2.44. The van der Waals surface area contributed by atoms with Crippen molar-refractivity contribution in [3.63, 3.8) is 0 Å². The topological polar surface area (TPSA) is 72.2 Å². The molecule has 1 amide bonds. The van der Waals surface area contributed by atoms with E-state index in [2.05, 4.69) is 21.2 Å². The van der Waals surface area contributed by atoms with Crippen molar-refractivity contribution < 1.29 is 14.1 Å². The smallest absolute Gasteiger partial charge is 0.282 e. The van der Waals surface area contributed by atoms with Crippen molar-refractivity contribution in [1.82, 2.24) is 5.32 Å². The maximum absolute atomic E-state index is 13.2. The highest BCUT2D eigenvalue weighted by Crippen LogP contribution is 2.23. The van der Waals surface area contributed by atoms with Crippen molar-refractivity contribution in [3.8, 4) is 0 Å². The number of alkyl halides is 1. The molecule has 0 aliphatic heterocycles. The Morgan fingerprint density at radius 2 is 2.05 bits per heavy atom. The first-order valence-electron chi connectivity index (χ1n) is 6.21. The first-order valence-corrected chi connectivity index (χ1v) is 7.33. The normalized spacial score (nSPS) is 11.2. The van der Waals surface area contributed by atoms with Crippen LogP contribution in [-0.4, -0.2) is 21.7 Å². The lowest BCUT2D eigenvalue weighted by Gasteiger charge is -2.30. The van der Waals surface area contributed by atoms with Gasteiger partial charge in [-0.15, -0.1) is 0 Å². The number of rotatable bonds is 6. The van der Waals surface area contributed by atoms with E-state index in [4.69, 9.17) is 0 Å². The Morgan fingerprint density at radius 1 is 1.45 bits per heavy atom. The Balaban J connectivity index is 3.15. The third-order valence-electron chi connectivity index (χ3n) is 3.39. The quantitative estimate of drug-likeness (QED) is 0.487. The molecule has 1 rings (SSSR count). The molecule has 0 saturated heterocycles. The number of amides is 1. The minimum Gasteiger partial charge on any atom is -0.346 e. The maximum Gasteiger partial charge on any atom is 0.282 e. The molecule has 0 aliphatic rings. The van der Waals surface area contributed by atoms with Gasteiger partial charge in [0, 0.05) is 16.9 Å². The van der Waals surface area contributed by atoms with Crippen LogP contribution in [0.25, 0.3) is 0 Å². The molecule has 5 nitrogen and oxygen atoms in total. The second-order valence-electron chi connectivity index (χ2n) is 4.49. The Hall–Kier alpha value is -1.50. The van der Waals surface area contributed by atoms with Crippen molar-refractivity contribution in [3.05, 3.63) is 39.7 Å². The largest absolute Gasteiger partial charge is 0.346 e. The van der Waals surface area contributed by atoms with Gasteiger partial charge in [-0.2, -0.15) is 0 Å². The summed E-state index contributed by atoms with van der Waals surface area (Å²) in [6.45, 7) is 3.82. The molecule has 110 valence electrons. The molecular formula is C13H16BrFN2O3. The number of carbonyl (C=O) groups is 1. The molecule has 0 fully saturated rings. The lowest BCUT2D eigenvalue weighted by atomic mass is 9.95. The molecule has 1 aromatic carbocycles. The summed E-state index contributed by atoms with van der Waals surface area (Å²) in [5, 5.41) is 14.2. The Labute approximate surface area is 124 Å². The predicted octanol–water partition coefficient (Wildman–Crippen LogP) is 3.42. The van der Waals surface area contributed by atoms with Gasteiger partial charge in [-0.1, -0.05) is 29.8 Å². The molecule has 7 heteroatoms. The molecule has 0 heterocycles. The Morgan fingerprint density at radius 3 is 2.50 bits per heavy atom. The second-order valence-corrected chi connectivity index (χ2v) is 5.05. The van der Waals surface area contributed by atoms with E-state index in [1.54, 1.807) is 0 Å². The SMILES string of the molecule is CCC(CC)(CBr)NC(=O)c1cc(F)ccc1[N+](=O)[O-]. The number of benzene rings is 1. The number of halogens is 2. The molecule has 0 bridgehead atoms. The Bertz CT molecular complexity index is 510. The highest BCUT2D eigenvalue weighted by Gasteiger charge is 2.30. The van der Waals surface area contributed by atoms with Crippen LogP contribution in [0.5, 0.6) is 0 Å². The maximum atomic E-state index is 13.2. The Kier molecular flexibility index (Phi) is 5.62. The van der Waals surface area contributed by atoms with Crippen molar-refractivity contribution in [2.24, 2.45) is 0 Å². The minimum atomic E-state index is -0.692. The molecule has 20 heavy (non-hydrogen) atoms. The molecule has 0 atom stereocenters. The lowest BCUT2D eigenvalue weighted by molar-refractivity contribution is -0.385. The summed E-state index contributed by atoms with van der Waals surface area (Å²) in [7, 11) is 0. The van der Waals surface area contributed by atoms with Crippen molar-refractivity contribution in [1.29, 1.82) is 0 Å². The van der Waals surface area contributed by atoms with Crippen LogP contribution in [0.15, 0.2) is 18.2 Å². The molecule has 0 aromatic heterocycles. The fourth-order valence-corrected chi connectivity index (χ4v) is 2.74. The summed E-state index contributed by atoms with van der Waals surface area (Å²) >= 11 is 3.33. The molecule has 0 saturated carbocycles. The number of nitrogens with one attached hydrogen (secondary N) is 1. The van der Waals surface area contributed by atoms with E-state index in [-0.39, 0.29) is 5.56 Å². The van der Waals surface area contributed by atoms with Gasteiger partial charge in [0.2, 0.25) is 0 Å². The van der Waals surface area contributed by atoms with Crippen LogP contribution < -0.4 is 5.32 Å². The summed E-state index contributed by atoms with van der Waals surface area (Å²) in [5.74, 6) is -1.32. The van der Waals surface area contributed by atoms with E-state index in [1.807, 2.05) is 13.8 Å². The molecular weight excluding hydrogens is 331 g/mol. The molecule has 1 N–H and O–H groups in total. The van der Waals surface area contributed by atoms with Gasteiger partial charge in [0.25, 0.3) is 11.6 Å². The van der Waals surface area contributed by atoms with E-state index >= 15 is 0 Å². The van der Waals surface area contributed by atoms with Crippen LogP contribution in [0, 0.1) is 15.9 Å². The van der Waals surface area contributed by atoms with Gasteiger partial charge in [-0.25, -0.2) is 4.39 Å². The summed E-state index contributed by atoms with van der Waals surface area (Å²) in [6, 6.07) is 2.85. The highest BCUT2D eigenvalue weighted by molar-refractivity contribution is 9.09. The highest BCUT2D eigenvalue weighted by atomic mass is 79.9. The van der Waals surface area contributed by atoms with Gasteiger partial charge >= 0.3 is 0 Å². The standard InChI is InChI=1S/C13H16BrFN2O3/c1-3-13(4-2,8-14)16-12(18)10-7-9(15)5-6-11(10)17(19)20/h5-7H,3-4,8H2,1-2H3,(H,16,18). The lowest BCUT2D eigenvalue weighted by Crippen LogP contribution is -2.49. The van der Waals surface area contributed by atoms with Crippen LogP contribution in [0.4, 0.5) is 10.1 Å². The first-order chi connectivity index (χ1) is 9.39. The zero-order valence-electron chi connectivity index (χ0n) is 11.3. The fourth-order valence-electron chi connectivity index (χ4n) is 1.81. The number of hydrogen-bond donors (Lipinski definition) is 1. The van der Waals surface area contributed by atoms with Crippen LogP contribution in [0.2, 0.25) is 0 Å². The number of nitrogens with zero attached hydrogens (tertiary/aromatic N) is 1. The van der Waals surface area contributed by atoms with Gasteiger partial charge in [-0.05, 0) is 25.0 Å². The molecule has 0 unspecified atom stereocenters. The third kappa shape index (κ3) is 3.53. The number of nitro benzene ring substituents is 1. The van der Waals surface area contributed by atoms with Crippen LogP contribution in [0.1, 0.15) is 37.0 Å². The number of hydrogen-bond acceptors (Lipinski definition) is 3. The van der Waals surface area contributed by atoms with E-state index < -0.39 is 27.9 Å². The molecule has 0 aliphatic carbocycles. The van der Waals surface area contributed by atoms with Gasteiger partial charge in [0.15, 0.2) is 0 Å². The zero-order chi connectivity index (χ0) is 15.3. The van der Waals surface area contributed by atoms with Crippen molar-refractivity contribution in [2.45, 2.75) is 32.2 Å². The van der Waals surface area contributed by atoms with Gasteiger partial charge in [-0.3, -0.25) is 14.9 Å². The first kappa shape index (κ1) is 16.6. The predicted molar refractivity (Wildman–Crippen MR) is 77.6 cm³/mol. The summed E-state index contributed by atoms with van der Waals surface area (Å²) < 4.78 is 13.2. The van der Waals surface area contributed by atoms with Gasteiger partial charge in [0.1, 0.15) is 11.4 Å². The van der Waals surface area contributed by atoms with E-state index in [0.29, 0.717) is 18.2 Å². The summed E-state index contributed by atoms with van der Waals surface area (Å²) in [6.07, 6.45) is 1.31. The summed E-state index contributed by atoms with van der Waals surface area (Å²) in [5.41, 5.74) is -1.17. The molecule has 0 spiro atoms. The van der Waals surface area contributed by atoms with E-state index in [0.717, 1.165) is 18.2 Å². The van der Waals surface area contributed by atoms with Gasteiger partial charge < -0.3 is 5.32 Å². The zero-order valence-corrected chi connectivity index (χ0v) is 12.9. The van der Waals surface area contributed by atoms with E-state index in [1.165, 1.54) is 0 Å². The van der Waals surface area contributed by atoms with Crippen molar-refractivity contribution >= 4 is 27.5 Å².